The molecular formula is C30H31F6N2PS. The van der Waals surface area contributed by atoms with Crippen molar-refractivity contribution in [1.29, 1.82) is 0 Å². The standard InChI is InChI=1S/C30H31F6N2PS/c1-20(38(3)27(40)37-23-18-21(29(31,32)33)17-22(19-23)30(34,35)36)26-15-10-16-28(26,2)39(24-11-6-4-7-12-24)25-13-8-5-9-14-25/h4-9,11-14,17-20,26H,10,15-16H2,1-3H3,(H,37,40)/t20-,26+,28+/m0/s1. The second kappa shape index (κ2) is 11.7. The van der Waals surface area contributed by atoms with Crippen molar-refractivity contribution in [2.75, 3.05) is 12.4 Å². The predicted molar refractivity (Wildman–Crippen MR) is 155 cm³/mol. The van der Waals surface area contributed by atoms with Crippen LogP contribution in [0.4, 0.5) is 32.0 Å². The van der Waals surface area contributed by atoms with Crippen molar-refractivity contribution in [3.63, 3.8) is 0 Å². The fourth-order valence-corrected chi connectivity index (χ4v) is 9.56. The zero-order valence-electron chi connectivity index (χ0n) is 22.4. The number of nitrogens with zero attached hydrogens (tertiary/aromatic N) is 1. The molecule has 1 aliphatic carbocycles. The number of halogens is 6. The Morgan fingerprint density at radius 3 is 1.82 bits per heavy atom. The summed E-state index contributed by atoms with van der Waals surface area (Å²) in [6, 6.07) is 22.1. The molecule has 4 rings (SSSR count). The molecule has 0 saturated heterocycles. The minimum atomic E-state index is -4.93. The molecule has 2 nitrogen and oxygen atoms in total. The van der Waals surface area contributed by atoms with Gasteiger partial charge in [-0.2, -0.15) is 26.3 Å². The third-order valence-corrected chi connectivity index (χ3v) is 11.5. The summed E-state index contributed by atoms with van der Waals surface area (Å²) in [5.41, 5.74) is -3.12. The monoisotopic (exact) mass is 596 g/mol. The maximum atomic E-state index is 13.4. The Morgan fingerprint density at radius 1 is 0.900 bits per heavy atom. The van der Waals surface area contributed by atoms with Crippen molar-refractivity contribution in [3.05, 3.63) is 90.0 Å². The molecular weight excluding hydrogens is 565 g/mol. The van der Waals surface area contributed by atoms with Crippen molar-refractivity contribution < 1.29 is 26.3 Å². The Bertz CT molecular complexity index is 1240. The van der Waals surface area contributed by atoms with Gasteiger partial charge >= 0.3 is 12.4 Å². The van der Waals surface area contributed by atoms with Gasteiger partial charge in [0.05, 0.1) is 11.1 Å². The second-order valence-corrected chi connectivity index (χ2v) is 13.6. The van der Waals surface area contributed by atoms with E-state index in [9.17, 15) is 26.3 Å². The first-order valence-corrected chi connectivity index (χ1v) is 14.7. The first kappa shape index (κ1) is 30.3. The van der Waals surface area contributed by atoms with Crippen LogP contribution in [0.3, 0.4) is 0 Å². The third kappa shape index (κ3) is 6.46. The quantitative estimate of drug-likeness (QED) is 0.175. The van der Waals surface area contributed by atoms with Gasteiger partial charge in [0.25, 0.3) is 0 Å². The van der Waals surface area contributed by atoms with Crippen molar-refractivity contribution in [3.8, 4) is 0 Å². The summed E-state index contributed by atoms with van der Waals surface area (Å²) in [5, 5.41) is 5.13. The van der Waals surface area contributed by atoms with Gasteiger partial charge in [0.1, 0.15) is 0 Å². The van der Waals surface area contributed by atoms with E-state index in [1.807, 2.05) is 43.3 Å². The molecule has 0 radical (unpaired) electrons. The lowest BCUT2D eigenvalue weighted by Gasteiger charge is -2.45. The molecule has 3 aromatic rings. The maximum Gasteiger partial charge on any atom is 0.416 e. The van der Waals surface area contributed by atoms with Crippen LogP contribution in [0.2, 0.25) is 0 Å². The van der Waals surface area contributed by atoms with Crippen LogP contribution in [-0.4, -0.2) is 28.3 Å². The van der Waals surface area contributed by atoms with Gasteiger partial charge in [-0.05, 0) is 74.6 Å². The Morgan fingerprint density at radius 2 is 1.38 bits per heavy atom. The highest BCUT2D eigenvalue weighted by molar-refractivity contribution is 7.80. The van der Waals surface area contributed by atoms with Crippen LogP contribution in [0.5, 0.6) is 0 Å². The van der Waals surface area contributed by atoms with Gasteiger partial charge in [-0.15, -0.1) is 0 Å². The molecule has 0 spiro atoms. The first-order valence-electron chi connectivity index (χ1n) is 13.0. The zero-order chi connectivity index (χ0) is 29.3. The normalized spacial score (nSPS) is 20.4. The minimum Gasteiger partial charge on any atom is -0.349 e. The van der Waals surface area contributed by atoms with Crippen LogP contribution in [-0.2, 0) is 12.4 Å². The van der Waals surface area contributed by atoms with Gasteiger partial charge in [0.15, 0.2) is 5.11 Å². The molecule has 10 heteroatoms. The fourth-order valence-electron chi connectivity index (χ4n) is 5.80. The average molecular weight is 597 g/mol. The summed E-state index contributed by atoms with van der Waals surface area (Å²) in [7, 11) is 0.967. The van der Waals surface area contributed by atoms with Gasteiger partial charge in [-0.1, -0.05) is 74.0 Å². The Hall–Kier alpha value is -2.64. The van der Waals surface area contributed by atoms with Crippen molar-refractivity contribution in [1.82, 2.24) is 4.90 Å². The number of rotatable bonds is 6. The summed E-state index contributed by atoms with van der Waals surface area (Å²) >= 11 is 5.53. The van der Waals surface area contributed by atoms with Crippen LogP contribution < -0.4 is 15.9 Å². The largest absolute Gasteiger partial charge is 0.416 e. The molecule has 1 N–H and O–H groups in total. The summed E-state index contributed by atoms with van der Waals surface area (Å²) < 4.78 is 80.2. The molecule has 1 saturated carbocycles. The zero-order valence-corrected chi connectivity index (χ0v) is 24.1. The van der Waals surface area contributed by atoms with E-state index in [1.54, 1.807) is 11.9 Å². The van der Waals surface area contributed by atoms with E-state index < -0.39 is 31.4 Å². The minimum absolute atomic E-state index is 0.0675. The van der Waals surface area contributed by atoms with Gasteiger partial charge in [-0.25, -0.2) is 0 Å². The highest BCUT2D eigenvalue weighted by Gasteiger charge is 2.49. The SMILES string of the molecule is C[C@@H]([C@H]1CCC[C@@]1(C)P(c1ccccc1)c1ccccc1)N(C)C(=S)Nc1cc(C(F)(F)F)cc(C(F)(F)F)c1. The van der Waals surface area contributed by atoms with E-state index in [2.05, 4.69) is 36.5 Å². The summed E-state index contributed by atoms with van der Waals surface area (Å²) in [5.74, 6) is 0.177. The van der Waals surface area contributed by atoms with Gasteiger partial charge in [0, 0.05) is 23.9 Å². The molecule has 3 atom stereocenters. The Balaban J connectivity index is 1.62. The van der Waals surface area contributed by atoms with Crippen LogP contribution in [0.25, 0.3) is 0 Å². The van der Waals surface area contributed by atoms with E-state index in [1.165, 1.54) is 10.6 Å². The lowest BCUT2D eigenvalue weighted by atomic mass is 9.89. The van der Waals surface area contributed by atoms with Crippen molar-refractivity contribution in [2.24, 2.45) is 5.92 Å². The third-order valence-electron chi connectivity index (χ3n) is 7.89. The lowest BCUT2D eigenvalue weighted by Crippen LogP contribution is -2.48. The smallest absolute Gasteiger partial charge is 0.349 e. The lowest BCUT2D eigenvalue weighted by molar-refractivity contribution is -0.143. The number of alkyl halides is 6. The molecule has 1 aliphatic rings. The van der Waals surface area contributed by atoms with Gasteiger partial charge in [-0.3, -0.25) is 0 Å². The summed E-state index contributed by atoms with van der Waals surface area (Å²) in [6.45, 7) is 4.33. The molecule has 0 aliphatic heterocycles. The summed E-state index contributed by atoms with van der Waals surface area (Å²) in [6.07, 6.45) is -6.92. The van der Waals surface area contributed by atoms with Crippen molar-refractivity contribution >= 4 is 41.5 Å². The topological polar surface area (TPSA) is 15.3 Å². The number of anilines is 1. The molecule has 0 aromatic heterocycles. The van der Waals surface area contributed by atoms with Crippen LogP contribution in [0, 0.1) is 5.92 Å². The van der Waals surface area contributed by atoms with Crippen molar-refractivity contribution in [2.45, 2.75) is 56.7 Å². The Labute approximate surface area is 237 Å². The number of nitrogens with one attached hydrogen (secondary N) is 1. The van der Waals surface area contributed by atoms with Crippen LogP contribution in [0.1, 0.15) is 44.2 Å². The molecule has 0 unspecified atom stereocenters. The van der Waals surface area contributed by atoms with Gasteiger partial charge in [0.2, 0.25) is 0 Å². The van der Waals surface area contributed by atoms with Crippen LogP contribution >= 0.6 is 20.1 Å². The number of hydrogen-bond acceptors (Lipinski definition) is 1. The molecule has 0 bridgehead atoms. The van der Waals surface area contributed by atoms with E-state index in [0.717, 1.165) is 19.3 Å². The number of thiocarbonyl (C=S) groups is 1. The maximum absolute atomic E-state index is 13.4. The highest BCUT2D eigenvalue weighted by Crippen LogP contribution is 2.60. The number of benzene rings is 3. The molecule has 0 amide bonds. The Kier molecular flexibility index (Phi) is 8.86. The van der Waals surface area contributed by atoms with E-state index in [4.69, 9.17) is 12.2 Å². The second-order valence-electron chi connectivity index (χ2n) is 10.4. The van der Waals surface area contributed by atoms with Gasteiger partial charge < -0.3 is 10.2 Å². The average Bonchev–Trinajstić information content (AvgIpc) is 3.29. The molecule has 40 heavy (non-hydrogen) atoms. The predicted octanol–water partition coefficient (Wildman–Crippen LogP) is 8.43. The highest BCUT2D eigenvalue weighted by atomic mass is 32.1. The van der Waals surface area contributed by atoms with E-state index in [0.29, 0.717) is 12.1 Å². The number of hydrogen-bond donors (Lipinski definition) is 1. The first-order chi connectivity index (χ1) is 18.7. The summed E-state index contributed by atoms with van der Waals surface area (Å²) in [4.78, 5) is 1.76. The molecule has 214 valence electrons. The molecule has 3 aromatic carbocycles. The van der Waals surface area contributed by atoms with Crippen LogP contribution in [0.15, 0.2) is 78.9 Å². The van der Waals surface area contributed by atoms with E-state index >= 15 is 0 Å². The fraction of sp³-hybridized carbons (Fsp3) is 0.367. The molecule has 1 fully saturated rings. The van der Waals surface area contributed by atoms with E-state index in [-0.39, 0.29) is 34.0 Å². The molecule has 0 heterocycles.